The molecule has 5 rings (SSSR count). The summed E-state index contributed by atoms with van der Waals surface area (Å²) in [5, 5.41) is 18.8. The van der Waals surface area contributed by atoms with Crippen LogP contribution in [-0.4, -0.2) is 44.4 Å². The number of methoxy groups -OCH3 is 1. The molecule has 1 amide bonds. The molecule has 0 radical (unpaired) electrons. The molecule has 3 heterocycles. The Morgan fingerprint density at radius 3 is 2.97 bits per heavy atom. The van der Waals surface area contributed by atoms with Crippen LogP contribution in [0.2, 0.25) is 0 Å². The van der Waals surface area contributed by atoms with Gasteiger partial charge in [0.05, 0.1) is 11.7 Å². The zero-order valence-corrected chi connectivity index (χ0v) is 16.7. The third kappa shape index (κ3) is 3.81. The van der Waals surface area contributed by atoms with E-state index in [2.05, 4.69) is 25.9 Å². The van der Waals surface area contributed by atoms with Crippen LogP contribution in [0.25, 0.3) is 27.8 Å². The molecule has 0 atom stereocenters. The molecule has 0 aliphatic carbocycles. The molecular weight excluding hydrogens is 394 g/mol. The van der Waals surface area contributed by atoms with Crippen LogP contribution in [-0.2, 0) is 9.53 Å². The Bertz CT molecular complexity index is 1390. The van der Waals surface area contributed by atoms with Gasteiger partial charge < -0.3 is 15.4 Å². The van der Waals surface area contributed by atoms with Crippen molar-refractivity contribution in [2.24, 2.45) is 0 Å². The highest BCUT2D eigenvalue weighted by Gasteiger charge is 2.12. The van der Waals surface area contributed by atoms with E-state index in [-0.39, 0.29) is 12.5 Å². The first-order chi connectivity index (χ1) is 15.2. The SMILES string of the molecule is COCC(=O)Nc1cccc(-c2nc(Nc3ccc4[nH]ncc4c3)c3cccn3n2)c1. The number of fused-ring (bicyclic) bond motifs is 2. The lowest BCUT2D eigenvalue weighted by Gasteiger charge is -2.11. The number of nitrogens with zero attached hydrogens (tertiary/aromatic N) is 4. The number of aromatic nitrogens is 5. The van der Waals surface area contributed by atoms with Crippen LogP contribution in [0.15, 0.2) is 67.0 Å². The van der Waals surface area contributed by atoms with E-state index in [0.717, 1.165) is 27.7 Å². The molecule has 154 valence electrons. The normalized spacial score (nSPS) is 11.1. The Morgan fingerprint density at radius 1 is 1.13 bits per heavy atom. The maximum atomic E-state index is 11.8. The standard InChI is InChI=1S/C22H19N7O2/c1-31-13-20(30)24-16-5-2-4-14(10-16)21-26-22(19-6-3-9-29(19)28-21)25-17-7-8-18-15(11-17)12-23-27-18/h2-12H,13H2,1H3,(H,23,27)(H,24,30)(H,25,26,28). The summed E-state index contributed by atoms with van der Waals surface area (Å²) in [4.78, 5) is 16.6. The van der Waals surface area contributed by atoms with Gasteiger partial charge in [0.15, 0.2) is 11.6 Å². The second-order valence-corrected chi connectivity index (χ2v) is 6.98. The Hall–Kier alpha value is -4.24. The number of amides is 1. The molecule has 0 spiro atoms. The second-order valence-electron chi connectivity index (χ2n) is 6.98. The largest absolute Gasteiger partial charge is 0.375 e. The Balaban J connectivity index is 1.51. The summed E-state index contributed by atoms with van der Waals surface area (Å²) in [5.41, 5.74) is 4.13. The molecule has 9 nitrogen and oxygen atoms in total. The van der Waals surface area contributed by atoms with E-state index in [0.29, 0.717) is 17.3 Å². The van der Waals surface area contributed by atoms with E-state index < -0.39 is 0 Å². The predicted molar refractivity (Wildman–Crippen MR) is 118 cm³/mol. The Morgan fingerprint density at radius 2 is 2.06 bits per heavy atom. The minimum Gasteiger partial charge on any atom is -0.375 e. The number of carbonyl (C=O) groups is 1. The van der Waals surface area contributed by atoms with Gasteiger partial charge in [-0.3, -0.25) is 9.89 Å². The van der Waals surface area contributed by atoms with Gasteiger partial charge in [-0.25, -0.2) is 9.50 Å². The van der Waals surface area contributed by atoms with Gasteiger partial charge in [0.1, 0.15) is 12.1 Å². The third-order valence-electron chi connectivity index (χ3n) is 4.77. The molecule has 31 heavy (non-hydrogen) atoms. The van der Waals surface area contributed by atoms with Gasteiger partial charge in [-0.05, 0) is 42.5 Å². The maximum Gasteiger partial charge on any atom is 0.250 e. The molecule has 0 unspecified atom stereocenters. The summed E-state index contributed by atoms with van der Waals surface area (Å²) in [6, 6.07) is 17.2. The summed E-state index contributed by atoms with van der Waals surface area (Å²) in [7, 11) is 1.48. The van der Waals surface area contributed by atoms with E-state index in [1.54, 1.807) is 10.7 Å². The van der Waals surface area contributed by atoms with Crippen molar-refractivity contribution in [3.63, 3.8) is 0 Å². The van der Waals surface area contributed by atoms with Crippen LogP contribution in [0.3, 0.4) is 0 Å². The number of hydrogen-bond acceptors (Lipinski definition) is 6. The minimum atomic E-state index is -0.224. The van der Waals surface area contributed by atoms with Gasteiger partial charge in [0.2, 0.25) is 5.91 Å². The molecule has 0 bridgehead atoms. The summed E-state index contributed by atoms with van der Waals surface area (Å²) >= 11 is 0. The number of hydrogen-bond donors (Lipinski definition) is 3. The minimum absolute atomic E-state index is 0.00880. The van der Waals surface area contributed by atoms with Gasteiger partial charge in [0, 0.05) is 35.6 Å². The molecule has 0 saturated carbocycles. The molecule has 3 aromatic heterocycles. The summed E-state index contributed by atoms with van der Waals surface area (Å²) in [6.45, 7) is -0.00880. The predicted octanol–water partition coefficient (Wildman–Crippen LogP) is 3.60. The number of carbonyl (C=O) groups excluding carboxylic acids is 1. The summed E-state index contributed by atoms with van der Waals surface area (Å²) in [5.74, 6) is 0.975. The number of benzene rings is 2. The van der Waals surface area contributed by atoms with Gasteiger partial charge in [-0.1, -0.05) is 12.1 Å². The van der Waals surface area contributed by atoms with Gasteiger partial charge in [-0.2, -0.15) is 5.10 Å². The number of nitrogens with one attached hydrogen (secondary N) is 3. The fourth-order valence-electron chi connectivity index (χ4n) is 3.37. The molecule has 9 heteroatoms. The quantitative estimate of drug-likeness (QED) is 0.392. The number of anilines is 3. The van der Waals surface area contributed by atoms with Crippen LogP contribution < -0.4 is 10.6 Å². The summed E-state index contributed by atoms with van der Waals surface area (Å²) < 4.78 is 6.64. The number of ether oxygens (including phenoxy) is 1. The molecule has 0 saturated heterocycles. The fraction of sp³-hybridized carbons (Fsp3) is 0.0909. The van der Waals surface area contributed by atoms with Crippen LogP contribution in [0.4, 0.5) is 17.2 Å². The monoisotopic (exact) mass is 413 g/mol. The lowest BCUT2D eigenvalue weighted by molar-refractivity contribution is -0.119. The van der Waals surface area contributed by atoms with Crippen molar-refractivity contribution < 1.29 is 9.53 Å². The molecule has 0 aliphatic heterocycles. The van der Waals surface area contributed by atoms with Crippen LogP contribution in [0.5, 0.6) is 0 Å². The average Bonchev–Trinajstić information content (AvgIpc) is 3.43. The first-order valence-electron chi connectivity index (χ1n) is 9.64. The average molecular weight is 413 g/mol. The molecule has 0 fully saturated rings. The van der Waals surface area contributed by atoms with E-state index in [9.17, 15) is 4.79 Å². The third-order valence-corrected chi connectivity index (χ3v) is 4.77. The van der Waals surface area contributed by atoms with Gasteiger partial charge in [-0.15, -0.1) is 5.10 Å². The Kier molecular flexibility index (Phi) is 4.77. The van der Waals surface area contributed by atoms with E-state index >= 15 is 0 Å². The van der Waals surface area contributed by atoms with E-state index in [1.165, 1.54) is 7.11 Å². The van der Waals surface area contributed by atoms with Crippen molar-refractivity contribution in [2.75, 3.05) is 24.4 Å². The number of H-pyrrole nitrogens is 1. The lowest BCUT2D eigenvalue weighted by Crippen LogP contribution is -2.17. The van der Waals surface area contributed by atoms with E-state index in [4.69, 9.17) is 9.72 Å². The zero-order valence-electron chi connectivity index (χ0n) is 16.7. The second kappa shape index (κ2) is 7.88. The van der Waals surface area contributed by atoms with Crippen molar-refractivity contribution in [3.05, 3.63) is 67.0 Å². The van der Waals surface area contributed by atoms with Crippen molar-refractivity contribution in [3.8, 4) is 11.4 Å². The highest BCUT2D eigenvalue weighted by Crippen LogP contribution is 2.26. The number of aromatic amines is 1. The molecular formula is C22H19N7O2. The first kappa shape index (κ1) is 18.8. The number of rotatable bonds is 6. The zero-order chi connectivity index (χ0) is 21.2. The van der Waals surface area contributed by atoms with Crippen molar-refractivity contribution in [1.82, 2.24) is 24.8 Å². The Labute approximate surface area is 177 Å². The van der Waals surface area contributed by atoms with Crippen LogP contribution in [0.1, 0.15) is 0 Å². The fourth-order valence-corrected chi connectivity index (χ4v) is 3.37. The van der Waals surface area contributed by atoms with Gasteiger partial charge in [0.25, 0.3) is 0 Å². The van der Waals surface area contributed by atoms with Crippen molar-refractivity contribution in [2.45, 2.75) is 0 Å². The smallest absolute Gasteiger partial charge is 0.250 e. The first-order valence-corrected chi connectivity index (χ1v) is 9.64. The summed E-state index contributed by atoms with van der Waals surface area (Å²) in [6.07, 6.45) is 3.65. The molecule has 2 aromatic carbocycles. The highest BCUT2D eigenvalue weighted by molar-refractivity contribution is 5.92. The topological polar surface area (TPSA) is 109 Å². The molecule has 0 aliphatic rings. The molecule has 5 aromatic rings. The van der Waals surface area contributed by atoms with Crippen molar-refractivity contribution >= 4 is 39.5 Å². The highest BCUT2D eigenvalue weighted by atomic mass is 16.5. The van der Waals surface area contributed by atoms with E-state index in [1.807, 2.05) is 60.8 Å². The van der Waals surface area contributed by atoms with Crippen LogP contribution in [0, 0.1) is 0 Å². The van der Waals surface area contributed by atoms with Gasteiger partial charge >= 0.3 is 0 Å². The molecule has 3 N–H and O–H groups in total. The van der Waals surface area contributed by atoms with Crippen molar-refractivity contribution in [1.29, 1.82) is 0 Å². The maximum absolute atomic E-state index is 11.8. The van der Waals surface area contributed by atoms with Crippen LogP contribution >= 0.6 is 0 Å². The lowest BCUT2D eigenvalue weighted by atomic mass is 10.2.